The van der Waals surface area contributed by atoms with Crippen molar-refractivity contribution < 1.29 is 19.1 Å². The Morgan fingerprint density at radius 2 is 1.72 bits per heavy atom. The zero-order chi connectivity index (χ0) is 22.9. The van der Waals surface area contributed by atoms with Gasteiger partial charge in [0.1, 0.15) is 11.5 Å². The third-order valence-corrected chi connectivity index (χ3v) is 4.74. The first-order chi connectivity index (χ1) is 15.4. The van der Waals surface area contributed by atoms with Gasteiger partial charge in [-0.05, 0) is 72.0 Å². The number of rotatable bonds is 8. The Kier molecular flexibility index (Phi) is 7.75. The van der Waals surface area contributed by atoms with Crippen molar-refractivity contribution in [2.24, 2.45) is 5.10 Å². The summed E-state index contributed by atoms with van der Waals surface area (Å²) in [5, 5.41) is 3.95. The molecule has 0 aliphatic carbocycles. The van der Waals surface area contributed by atoms with Crippen molar-refractivity contribution in [2.75, 3.05) is 6.61 Å². The van der Waals surface area contributed by atoms with Crippen molar-refractivity contribution in [3.8, 4) is 11.5 Å². The van der Waals surface area contributed by atoms with Gasteiger partial charge in [-0.3, -0.25) is 4.79 Å². The first kappa shape index (κ1) is 22.7. The average molecular weight is 431 g/mol. The highest BCUT2D eigenvalue weighted by Crippen LogP contribution is 2.24. The fraction of sp³-hybridized carbons (Fsp3) is 0.192. The minimum atomic E-state index is -0.423. The van der Waals surface area contributed by atoms with Crippen molar-refractivity contribution in [1.82, 2.24) is 5.43 Å². The lowest BCUT2D eigenvalue weighted by Crippen LogP contribution is -2.24. The van der Waals surface area contributed by atoms with E-state index in [0.717, 1.165) is 16.7 Å². The second-order valence-electron chi connectivity index (χ2n) is 7.59. The third kappa shape index (κ3) is 6.54. The summed E-state index contributed by atoms with van der Waals surface area (Å²) in [5.41, 5.74) is 5.79. The normalized spacial score (nSPS) is 10.9. The largest absolute Gasteiger partial charge is 0.483 e. The Balaban J connectivity index is 1.48. The summed E-state index contributed by atoms with van der Waals surface area (Å²) in [5.74, 6) is 0.713. The number of aryl methyl sites for hydroxylation is 1. The van der Waals surface area contributed by atoms with Crippen LogP contribution in [0.5, 0.6) is 11.5 Å². The number of carbonyl (C=O) groups is 2. The highest BCUT2D eigenvalue weighted by molar-refractivity contribution is 5.91. The van der Waals surface area contributed by atoms with Crippen LogP contribution in [0.15, 0.2) is 77.9 Å². The maximum Gasteiger partial charge on any atom is 0.343 e. The number of amides is 1. The number of hydrogen-bond acceptors (Lipinski definition) is 5. The van der Waals surface area contributed by atoms with Crippen LogP contribution >= 0.6 is 0 Å². The predicted octanol–water partition coefficient (Wildman–Crippen LogP) is 4.87. The summed E-state index contributed by atoms with van der Waals surface area (Å²) < 4.78 is 11.0. The monoisotopic (exact) mass is 430 g/mol. The standard InChI is InChI=1S/C26H26N2O4/c1-18(2)22-12-9-19(3)24(15-22)31-17-25(29)28-27-16-20-10-13-23(14-11-20)32-26(30)21-7-5-4-6-8-21/h4-16,18H,17H2,1-3H3,(H,28,29). The summed E-state index contributed by atoms with van der Waals surface area (Å²) in [4.78, 5) is 24.1. The number of nitrogens with one attached hydrogen (secondary N) is 1. The van der Waals surface area contributed by atoms with Crippen molar-refractivity contribution in [2.45, 2.75) is 26.7 Å². The van der Waals surface area contributed by atoms with Crippen LogP contribution in [0.1, 0.15) is 46.8 Å². The fourth-order valence-electron chi connectivity index (χ4n) is 2.85. The molecule has 3 rings (SSSR count). The van der Waals surface area contributed by atoms with E-state index in [-0.39, 0.29) is 12.5 Å². The number of hydrazone groups is 1. The molecule has 0 spiro atoms. The maximum absolute atomic E-state index is 12.1. The van der Waals surface area contributed by atoms with E-state index in [4.69, 9.17) is 9.47 Å². The van der Waals surface area contributed by atoms with Crippen molar-refractivity contribution in [3.63, 3.8) is 0 Å². The van der Waals surface area contributed by atoms with Gasteiger partial charge in [-0.25, -0.2) is 10.2 Å². The zero-order valence-electron chi connectivity index (χ0n) is 18.4. The topological polar surface area (TPSA) is 77.0 Å². The van der Waals surface area contributed by atoms with E-state index in [2.05, 4.69) is 30.4 Å². The molecule has 0 unspecified atom stereocenters. The Morgan fingerprint density at radius 1 is 1.00 bits per heavy atom. The van der Waals surface area contributed by atoms with Crippen LogP contribution in [0.2, 0.25) is 0 Å². The number of carbonyl (C=O) groups excluding carboxylic acids is 2. The molecule has 0 aromatic heterocycles. The smallest absolute Gasteiger partial charge is 0.343 e. The van der Waals surface area contributed by atoms with Crippen LogP contribution in [-0.4, -0.2) is 24.7 Å². The molecule has 1 N–H and O–H groups in total. The van der Waals surface area contributed by atoms with Crippen LogP contribution in [0.4, 0.5) is 0 Å². The molecule has 0 fully saturated rings. The molecule has 0 saturated carbocycles. The minimum Gasteiger partial charge on any atom is -0.483 e. The SMILES string of the molecule is Cc1ccc(C(C)C)cc1OCC(=O)NN=Cc1ccc(OC(=O)c2ccccc2)cc1. The summed E-state index contributed by atoms with van der Waals surface area (Å²) in [6.07, 6.45) is 1.51. The third-order valence-electron chi connectivity index (χ3n) is 4.74. The molecule has 32 heavy (non-hydrogen) atoms. The van der Waals surface area contributed by atoms with Gasteiger partial charge in [0.25, 0.3) is 5.91 Å². The summed E-state index contributed by atoms with van der Waals surface area (Å²) in [6, 6.07) is 21.6. The molecule has 0 saturated heterocycles. The van der Waals surface area contributed by atoms with E-state index >= 15 is 0 Å². The van der Waals surface area contributed by atoms with Crippen LogP contribution in [-0.2, 0) is 4.79 Å². The van der Waals surface area contributed by atoms with Crippen molar-refractivity contribution in [1.29, 1.82) is 0 Å². The van der Waals surface area contributed by atoms with Crippen LogP contribution < -0.4 is 14.9 Å². The van der Waals surface area contributed by atoms with Crippen molar-refractivity contribution in [3.05, 3.63) is 95.1 Å². The Morgan fingerprint density at radius 3 is 2.41 bits per heavy atom. The molecule has 3 aromatic rings. The first-order valence-electron chi connectivity index (χ1n) is 10.3. The van der Waals surface area contributed by atoms with Gasteiger partial charge in [0.2, 0.25) is 0 Å². The summed E-state index contributed by atoms with van der Waals surface area (Å²) >= 11 is 0. The highest BCUT2D eigenvalue weighted by Gasteiger charge is 2.08. The molecular weight excluding hydrogens is 404 g/mol. The van der Waals surface area contributed by atoms with Gasteiger partial charge in [0.05, 0.1) is 11.8 Å². The van der Waals surface area contributed by atoms with Gasteiger partial charge in [-0.15, -0.1) is 0 Å². The number of hydrogen-bond donors (Lipinski definition) is 1. The molecule has 0 radical (unpaired) electrons. The molecule has 0 atom stereocenters. The van der Waals surface area contributed by atoms with Crippen LogP contribution in [0.25, 0.3) is 0 Å². The van der Waals surface area contributed by atoms with Crippen LogP contribution in [0, 0.1) is 6.92 Å². The lowest BCUT2D eigenvalue weighted by molar-refractivity contribution is -0.123. The van der Waals surface area contributed by atoms with E-state index in [9.17, 15) is 9.59 Å². The molecule has 0 heterocycles. The lowest BCUT2D eigenvalue weighted by Gasteiger charge is -2.12. The van der Waals surface area contributed by atoms with E-state index in [1.54, 1.807) is 48.5 Å². The number of esters is 1. The maximum atomic E-state index is 12.1. The van der Waals surface area contributed by atoms with E-state index in [1.165, 1.54) is 6.21 Å². The minimum absolute atomic E-state index is 0.131. The molecule has 6 nitrogen and oxygen atoms in total. The van der Waals surface area contributed by atoms with E-state index in [0.29, 0.717) is 23.0 Å². The quantitative estimate of drug-likeness (QED) is 0.239. The van der Waals surface area contributed by atoms with E-state index < -0.39 is 5.97 Å². The highest BCUT2D eigenvalue weighted by atomic mass is 16.5. The van der Waals surface area contributed by atoms with Gasteiger partial charge in [-0.2, -0.15) is 5.10 Å². The Bertz CT molecular complexity index is 1090. The Labute approximate surface area is 187 Å². The predicted molar refractivity (Wildman–Crippen MR) is 124 cm³/mol. The fourth-order valence-corrected chi connectivity index (χ4v) is 2.85. The molecule has 164 valence electrons. The van der Waals surface area contributed by atoms with Gasteiger partial charge < -0.3 is 9.47 Å². The second-order valence-corrected chi connectivity index (χ2v) is 7.59. The molecule has 3 aromatic carbocycles. The number of nitrogens with zero attached hydrogens (tertiary/aromatic N) is 1. The van der Waals surface area contributed by atoms with Gasteiger partial charge in [-0.1, -0.05) is 44.2 Å². The van der Waals surface area contributed by atoms with Gasteiger partial charge >= 0.3 is 5.97 Å². The molecule has 6 heteroatoms. The zero-order valence-corrected chi connectivity index (χ0v) is 18.4. The van der Waals surface area contributed by atoms with Gasteiger partial charge in [0.15, 0.2) is 6.61 Å². The molecular formula is C26H26N2O4. The van der Waals surface area contributed by atoms with Crippen molar-refractivity contribution >= 4 is 18.1 Å². The average Bonchev–Trinajstić information content (AvgIpc) is 2.80. The second kappa shape index (κ2) is 10.9. The molecule has 1 amide bonds. The lowest BCUT2D eigenvalue weighted by atomic mass is 10.0. The number of ether oxygens (including phenoxy) is 2. The summed E-state index contributed by atoms with van der Waals surface area (Å²) in [6.45, 7) is 6.02. The van der Waals surface area contributed by atoms with E-state index in [1.807, 2.05) is 25.1 Å². The summed E-state index contributed by atoms with van der Waals surface area (Å²) in [7, 11) is 0. The first-order valence-corrected chi connectivity index (χ1v) is 10.3. The molecule has 0 aliphatic rings. The Hall–Kier alpha value is -3.93. The molecule has 0 aliphatic heterocycles. The number of benzene rings is 3. The van der Waals surface area contributed by atoms with Crippen LogP contribution in [0.3, 0.4) is 0 Å². The molecule has 0 bridgehead atoms. The van der Waals surface area contributed by atoms with Gasteiger partial charge in [0, 0.05) is 0 Å².